The molecule has 0 saturated carbocycles. The average molecular weight is 567 g/mol. The van der Waals surface area contributed by atoms with E-state index in [-0.39, 0.29) is 29.7 Å². The van der Waals surface area contributed by atoms with Gasteiger partial charge in [-0.2, -0.15) is 0 Å². The lowest BCUT2D eigenvalue weighted by Crippen LogP contribution is -2.39. The van der Waals surface area contributed by atoms with Crippen molar-refractivity contribution in [2.45, 2.75) is 78.9 Å². The van der Waals surface area contributed by atoms with E-state index in [0.29, 0.717) is 35.3 Å². The maximum Gasteiger partial charge on any atom is 0.355 e. The fourth-order valence-electron chi connectivity index (χ4n) is 4.69. The van der Waals surface area contributed by atoms with Crippen molar-refractivity contribution < 1.29 is 23.8 Å². The van der Waals surface area contributed by atoms with Crippen LogP contribution in [0.15, 0.2) is 30.5 Å². The number of aromatic nitrogens is 5. The molecule has 41 heavy (non-hydrogen) atoms. The van der Waals surface area contributed by atoms with Crippen molar-refractivity contribution >= 4 is 11.7 Å². The third-order valence-corrected chi connectivity index (χ3v) is 7.73. The predicted molar refractivity (Wildman–Crippen MR) is 152 cm³/mol. The SMILES string of the molecule is CCC(C)(C)O[C@H](C(=O)O)c1c(C)ncc(-c2nnc(OCCc3ccc(F)cc3)nn2)c1N1CCC(C)(C)CC1. The van der Waals surface area contributed by atoms with Crippen LogP contribution in [-0.2, 0) is 16.0 Å². The van der Waals surface area contributed by atoms with Gasteiger partial charge in [0.2, 0.25) is 5.82 Å². The number of hydrogen-bond acceptors (Lipinski definition) is 9. The van der Waals surface area contributed by atoms with Gasteiger partial charge in [-0.25, -0.2) is 9.18 Å². The van der Waals surface area contributed by atoms with Crippen LogP contribution in [0.5, 0.6) is 6.01 Å². The van der Waals surface area contributed by atoms with Gasteiger partial charge in [0.1, 0.15) is 5.82 Å². The van der Waals surface area contributed by atoms with Gasteiger partial charge in [-0.15, -0.1) is 10.2 Å². The van der Waals surface area contributed by atoms with E-state index in [0.717, 1.165) is 31.5 Å². The third kappa shape index (κ3) is 7.52. The van der Waals surface area contributed by atoms with E-state index in [1.807, 2.05) is 20.8 Å². The molecule has 1 aromatic carbocycles. The van der Waals surface area contributed by atoms with E-state index in [4.69, 9.17) is 9.47 Å². The minimum absolute atomic E-state index is 0.00821. The highest BCUT2D eigenvalue weighted by Gasteiger charge is 2.37. The highest BCUT2D eigenvalue weighted by atomic mass is 19.1. The van der Waals surface area contributed by atoms with E-state index in [9.17, 15) is 14.3 Å². The Bertz CT molecular complexity index is 1340. The second-order valence-electron chi connectivity index (χ2n) is 11.9. The topological polar surface area (TPSA) is 123 Å². The first-order valence-corrected chi connectivity index (χ1v) is 14.0. The Morgan fingerprint density at radius 1 is 1.12 bits per heavy atom. The van der Waals surface area contributed by atoms with Crippen molar-refractivity contribution in [2.24, 2.45) is 5.41 Å². The fourth-order valence-corrected chi connectivity index (χ4v) is 4.69. The number of pyridine rings is 1. The molecule has 4 rings (SSSR count). The van der Waals surface area contributed by atoms with E-state index in [1.165, 1.54) is 12.1 Å². The summed E-state index contributed by atoms with van der Waals surface area (Å²) >= 11 is 0. The minimum atomic E-state index is -1.24. The van der Waals surface area contributed by atoms with Gasteiger partial charge in [-0.1, -0.05) is 43.1 Å². The van der Waals surface area contributed by atoms with Crippen molar-refractivity contribution in [3.05, 3.63) is 53.1 Å². The minimum Gasteiger partial charge on any atom is -0.479 e. The maximum absolute atomic E-state index is 13.1. The Balaban J connectivity index is 1.68. The normalized spacial score (nSPS) is 15.9. The Hall–Kier alpha value is -3.73. The van der Waals surface area contributed by atoms with Crippen LogP contribution in [0.25, 0.3) is 11.4 Å². The summed E-state index contributed by atoms with van der Waals surface area (Å²) in [6, 6.07) is 6.20. The second-order valence-corrected chi connectivity index (χ2v) is 11.9. The zero-order chi connectivity index (χ0) is 29.8. The molecule has 11 heteroatoms. The van der Waals surface area contributed by atoms with E-state index in [2.05, 4.69) is 44.1 Å². The van der Waals surface area contributed by atoms with Crippen LogP contribution in [-0.4, -0.2) is 61.8 Å². The number of benzene rings is 1. The van der Waals surface area contributed by atoms with Gasteiger partial charge in [0.15, 0.2) is 6.10 Å². The van der Waals surface area contributed by atoms with Crippen molar-refractivity contribution in [1.29, 1.82) is 0 Å². The number of hydrogen-bond donors (Lipinski definition) is 1. The van der Waals surface area contributed by atoms with E-state index >= 15 is 0 Å². The Morgan fingerprint density at radius 3 is 2.34 bits per heavy atom. The van der Waals surface area contributed by atoms with Crippen LogP contribution in [0.2, 0.25) is 0 Å². The molecule has 0 radical (unpaired) electrons. The molecule has 220 valence electrons. The summed E-state index contributed by atoms with van der Waals surface area (Å²) in [6.07, 6.45) is 3.45. The van der Waals surface area contributed by atoms with Crippen LogP contribution in [0.3, 0.4) is 0 Å². The molecule has 1 aliphatic heterocycles. The van der Waals surface area contributed by atoms with Crippen LogP contribution in [0.4, 0.5) is 10.1 Å². The monoisotopic (exact) mass is 566 g/mol. The van der Waals surface area contributed by atoms with Crippen LogP contribution in [0.1, 0.15) is 76.8 Å². The van der Waals surface area contributed by atoms with Gasteiger partial charge in [0.05, 0.1) is 23.5 Å². The number of aliphatic carboxylic acids is 1. The van der Waals surface area contributed by atoms with Crippen molar-refractivity contribution in [1.82, 2.24) is 25.4 Å². The van der Waals surface area contributed by atoms with Crippen molar-refractivity contribution in [3.8, 4) is 17.4 Å². The summed E-state index contributed by atoms with van der Waals surface area (Å²) in [7, 11) is 0. The molecule has 0 unspecified atom stereocenters. The third-order valence-electron chi connectivity index (χ3n) is 7.73. The number of aryl methyl sites for hydroxylation is 1. The number of anilines is 1. The first kappa shape index (κ1) is 30.2. The zero-order valence-electron chi connectivity index (χ0n) is 24.6. The highest BCUT2D eigenvalue weighted by molar-refractivity contribution is 5.84. The fraction of sp³-hybridized carbons (Fsp3) is 0.533. The summed E-state index contributed by atoms with van der Waals surface area (Å²) in [6.45, 7) is 13.7. The molecule has 1 aliphatic rings. The van der Waals surface area contributed by atoms with Crippen LogP contribution in [0, 0.1) is 18.2 Å². The van der Waals surface area contributed by atoms with Gasteiger partial charge in [-0.3, -0.25) is 4.98 Å². The lowest BCUT2D eigenvalue weighted by molar-refractivity contribution is -0.162. The summed E-state index contributed by atoms with van der Waals surface area (Å²) in [5, 5.41) is 27.1. The largest absolute Gasteiger partial charge is 0.479 e. The van der Waals surface area contributed by atoms with Crippen LogP contribution >= 0.6 is 0 Å². The lowest BCUT2D eigenvalue weighted by atomic mass is 9.82. The molecule has 3 heterocycles. The Kier molecular flexibility index (Phi) is 9.16. The quantitative estimate of drug-likeness (QED) is 0.325. The molecule has 10 nitrogen and oxygen atoms in total. The van der Waals surface area contributed by atoms with Gasteiger partial charge in [0.25, 0.3) is 0 Å². The zero-order valence-corrected chi connectivity index (χ0v) is 24.6. The summed E-state index contributed by atoms with van der Waals surface area (Å²) in [4.78, 5) is 19.4. The van der Waals surface area contributed by atoms with E-state index < -0.39 is 17.7 Å². The standard InChI is InChI=1S/C30H39FN6O4/c1-7-30(5,6)41-25(27(38)39)23-19(2)32-18-22(24(23)37-15-13-29(3,4)14-16-37)26-33-35-28(36-34-26)40-17-12-20-8-10-21(31)11-9-20/h8-11,18,25H,7,12-17H2,1-6H3,(H,38,39)/t25-/m0/s1. The van der Waals surface area contributed by atoms with Crippen molar-refractivity contribution in [2.75, 3.05) is 24.6 Å². The Morgan fingerprint density at radius 2 is 1.76 bits per heavy atom. The van der Waals surface area contributed by atoms with Crippen molar-refractivity contribution in [3.63, 3.8) is 0 Å². The molecule has 0 amide bonds. The van der Waals surface area contributed by atoms with Crippen LogP contribution < -0.4 is 9.64 Å². The number of rotatable bonds is 11. The number of carboxylic acid groups (broad SMARTS) is 1. The summed E-state index contributed by atoms with van der Waals surface area (Å²) < 4.78 is 25.0. The second kappa shape index (κ2) is 12.4. The molecule has 0 bridgehead atoms. The lowest BCUT2D eigenvalue weighted by Gasteiger charge is -2.40. The average Bonchev–Trinajstić information content (AvgIpc) is 2.93. The van der Waals surface area contributed by atoms with E-state index in [1.54, 1.807) is 25.3 Å². The molecule has 0 aliphatic carbocycles. The molecule has 0 spiro atoms. The number of carboxylic acids is 1. The Labute approximate surface area is 240 Å². The predicted octanol–water partition coefficient (Wildman–Crippen LogP) is 5.35. The van der Waals surface area contributed by atoms with Gasteiger partial charge in [0, 0.05) is 37.0 Å². The molecule has 2 aromatic heterocycles. The first-order chi connectivity index (χ1) is 19.4. The molecule has 1 fully saturated rings. The van der Waals surface area contributed by atoms with Gasteiger partial charge in [-0.05, 0) is 63.1 Å². The molecule has 1 atom stereocenters. The molecule has 1 saturated heterocycles. The smallest absolute Gasteiger partial charge is 0.355 e. The number of ether oxygens (including phenoxy) is 2. The van der Waals surface area contributed by atoms with Gasteiger partial charge >= 0.3 is 12.0 Å². The number of halogens is 1. The molecule has 1 N–H and O–H groups in total. The molecular weight excluding hydrogens is 527 g/mol. The molecule has 3 aromatic rings. The number of nitrogens with zero attached hydrogens (tertiary/aromatic N) is 6. The maximum atomic E-state index is 13.1. The summed E-state index contributed by atoms with van der Waals surface area (Å²) in [5.41, 5.74) is 2.69. The first-order valence-electron chi connectivity index (χ1n) is 14.0. The summed E-state index contributed by atoms with van der Waals surface area (Å²) in [5.74, 6) is -1.17. The number of carbonyl (C=O) groups is 1. The molecular formula is C30H39FN6O4. The highest BCUT2D eigenvalue weighted by Crippen LogP contribution is 2.42. The van der Waals surface area contributed by atoms with Gasteiger partial charge < -0.3 is 19.5 Å². The number of piperidine rings is 1.